The van der Waals surface area contributed by atoms with Gasteiger partial charge < -0.3 is 15.3 Å². The second-order valence-electron chi connectivity index (χ2n) is 5.43. The molecule has 1 aliphatic heterocycles. The number of nitrogens with one attached hydrogen (secondary N) is 1. The zero-order valence-electron chi connectivity index (χ0n) is 12.9. The smallest absolute Gasteiger partial charge is 0.335 e. The van der Waals surface area contributed by atoms with Crippen molar-refractivity contribution in [2.75, 3.05) is 16.8 Å². The predicted molar refractivity (Wildman–Crippen MR) is 85.1 cm³/mol. The molecule has 0 unspecified atom stereocenters. The number of carbonyl (C=O) groups is 2. The quantitative estimate of drug-likeness (QED) is 0.732. The molecular formula is C14H19N3O5S. The number of unbranched alkanes of at least 4 members (excludes halogenated alkanes) is 1. The van der Waals surface area contributed by atoms with Crippen LogP contribution < -0.4 is 15.4 Å². The number of hydrogen-bond donors (Lipinski definition) is 3. The molecule has 9 heteroatoms. The van der Waals surface area contributed by atoms with Crippen LogP contribution in [0.2, 0.25) is 0 Å². The summed E-state index contributed by atoms with van der Waals surface area (Å²) in [6.07, 6.45) is 1.54. The number of nitrogens with two attached hydrogens (primary N) is 1. The van der Waals surface area contributed by atoms with E-state index in [1.54, 1.807) is 6.92 Å². The van der Waals surface area contributed by atoms with Crippen molar-refractivity contribution in [3.63, 3.8) is 0 Å². The van der Waals surface area contributed by atoms with Crippen molar-refractivity contribution in [3.8, 4) is 0 Å². The molecule has 0 aliphatic carbocycles. The molecule has 0 aromatic heterocycles. The minimum atomic E-state index is -4.15. The van der Waals surface area contributed by atoms with Crippen LogP contribution in [0, 0.1) is 0 Å². The van der Waals surface area contributed by atoms with Gasteiger partial charge in [0.1, 0.15) is 10.9 Å². The van der Waals surface area contributed by atoms with E-state index in [4.69, 9.17) is 5.14 Å². The molecule has 1 aromatic carbocycles. The van der Waals surface area contributed by atoms with Gasteiger partial charge in [0.15, 0.2) is 0 Å². The summed E-state index contributed by atoms with van der Waals surface area (Å²) in [5, 5.41) is 17.2. The van der Waals surface area contributed by atoms with Crippen LogP contribution in [0.25, 0.3) is 0 Å². The zero-order chi connectivity index (χ0) is 17.4. The number of amides is 1. The molecule has 8 nitrogen and oxygen atoms in total. The summed E-state index contributed by atoms with van der Waals surface area (Å²) in [5.41, 5.74) is 0.157. The van der Waals surface area contributed by atoms with E-state index in [0.717, 1.165) is 12.5 Å². The third-order valence-electron chi connectivity index (χ3n) is 3.66. The number of primary sulfonamides is 1. The Morgan fingerprint density at radius 2 is 2.09 bits per heavy atom. The number of fused-ring (bicyclic) bond motifs is 1. The zero-order valence-corrected chi connectivity index (χ0v) is 13.7. The summed E-state index contributed by atoms with van der Waals surface area (Å²) in [6, 6.07) is 1.67. The van der Waals surface area contributed by atoms with Gasteiger partial charge >= 0.3 is 5.97 Å². The normalized spacial score (nSPS) is 17.6. The van der Waals surface area contributed by atoms with Crippen LogP contribution in [0.3, 0.4) is 0 Å². The van der Waals surface area contributed by atoms with Crippen molar-refractivity contribution in [2.24, 2.45) is 5.14 Å². The van der Waals surface area contributed by atoms with Crippen molar-refractivity contribution < 1.29 is 23.1 Å². The number of benzene rings is 1. The average Bonchev–Trinajstić information content (AvgIpc) is 2.45. The van der Waals surface area contributed by atoms with Crippen molar-refractivity contribution >= 4 is 33.3 Å². The number of nitrogens with zero attached hydrogens (tertiary/aromatic N) is 1. The predicted octanol–water partition coefficient (Wildman–Crippen LogP) is 0.979. The third kappa shape index (κ3) is 3.30. The Morgan fingerprint density at radius 1 is 1.43 bits per heavy atom. The molecule has 1 aliphatic rings. The van der Waals surface area contributed by atoms with Crippen LogP contribution in [0.5, 0.6) is 0 Å². The average molecular weight is 341 g/mol. The van der Waals surface area contributed by atoms with Crippen LogP contribution in [0.4, 0.5) is 11.4 Å². The van der Waals surface area contributed by atoms with Crippen LogP contribution in [-0.2, 0) is 14.8 Å². The first-order valence-corrected chi connectivity index (χ1v) is 8.73. The SMILES string of the molecule is CCCCN1C(=O)[C@H](C)Nc2c1cc(C(=O)O)cc2S(N)(=O)=O. The summed E-state index contributed by atoms with van der Waals surface area (Å²) in [4.78, 5) is 24.7. The van der Waals surface area contributed by atoms with Crippen LogP contribution in [0.1, 0.15) is 37.0 Å². The van der Waals surface area contributed by atoms with Crippen molar-refractivity contribution in [2.45, 2.75) is 37.6 Å². The van der Waals surface area contributed by atoms with Gasteiger partial charge in [-0.25, -0.2) is 18.4 Å². The highest BCUT2D eigenvalue weighted by Crippen LogP contribution is 2.38. The van der Waals surface area contributed by atoms with Crippen molar-refractivity contribution in [1.29, 1.82) is 0 Å². The number of hydrogen-bond acceptors (Lipinski definition) is 5. The standard InChI is InChI=1S/C14H19N3O5S/c1-3-4-5-17-10-6-9(14(19)20)7-11(23(15,21)22)12(10)16-8(2)13(17)18/h6-8,16H,3-5H2,1-2H3,(H,19,20)(H2,15,21,22)/t8-/m0/s1. The van der Waals surface area contributed by atoms with Gasteiger partial charge in [-0.05, 0) is 25.5 Å². The largest absolute Gasteiger partial charge is 0.478 e. The Hall–Kier alpha value is -2.13. The maximum Gasteiger partial charge on any atom is 0.335 e. The summed E-state index contributed by atoms with van der Waals surface area (Å²) in [7, 11) is -4.15. The molecule has 0 saturated carbocycles. The Bertz CT molecular complexity index is 760. The number of carboxylic acid groups (broad SMARTS) is 1. The van der Waals surface area contributed by atoms with Crippen LogP contribution >= 0.6 is 0 Å². The Kier molecular flexibility index (Phi) is 4.62. The van der Waals surface area contributed by atoms with Gasteiger partial charge in [-0.1, -0.05) is 13.3 Å². The fraction of sp³-hybridized carbons (Fsp3) is 0.429. The lowest BCUT2D eigenvalue weighted by Gasteiger charge is -2.35. The van der Waals surface area contributed by atoms with E-state index < -0.39 is 22.0 Å². The first-order chi connectivity index (χ1) is 10.7. The van der Waals surface area contributed by atoms with E-state index in [0.29, 0.717) is 13.0 Å². The topological polar surface area (TPSA) is 130 Å². The Balaban J connectivity index is 2.72. The molecule has 1 heterocycles. The van der Waals surface area contributed by atoms with Crippen molar-refractivity contribution in [3.05, 3.63) is 17.7 Å². The van der Waals surface area contributed by atoms with Gasteiger partial charge in [-0.2, -0.15) is 0 Å². The summed E-state index contributed by atoms with van der Waals surface area (Å²) in [6.45, 7) is 3.95. The maximum atomic E-state index is 12.4. The molecule has 126 valence electrons. The van der Waals surface area contributed by atoms with E-state index in [9.17, 15) is 23.1 Å². The summed E-state index contributed by atoms with van der Waals surface area (Å²) < 4.78 is 23.7. The maximum absolute atomic E-state index is 12.4. The monoisotopic (exact) mass is 341 g/mol. The molecule has 1 atom stereocenters. The third-order valence-corrected chi connectivity index (χ3v) is 4.59. The fourth-order valence-electron chi connectivity index (χ4n) is 2.48. The molecular weight excluding hydrogens is 322 g/mol. The Morgan fingerprint density at radius 3 is 2.61 bits per heavy atom. The first-order valence-electron chi connectivity index (χ1n) is 7.18. The molecule has 0 bridgehead atoms. The van der Waals surface area contributed by atoms with E-state index >= 15 is 0 Å². The molecule has 4 N–H and O–H groups in total. The highest BCUT2D eigenvalue weighted by atomic mass is 32.2. The molecule has 1 aromatic rings. The second-order valence-corrected chi connectivity index (χ2v) is 6.96. The number of anilines is 2. The first kappa shape index (κ1) is 17.2. The van der Waals surface area contributed by atoms with E-state index in [1.165, 1.54) is 11.0 Å². The lowest BCUT2D eigenvalue weighted by Crippen LogP contribution is -2.46. The van der Waals surface area contributed by atoms with Crippen LogP contribution in [0.15, 0.2) is 17.0 Å². The number of aromatic carboxylic acids is 1. The fourth-order valence-corrected chi connectivity index (χ4v) is 3.22. The minimum Gasteiger partial charge on any atom is -0.478 e. The molecule has 0 saturated heterocycles. The molecule has 0 spiro atoms. The number of rotatable bonds is 5. The summed E-state index contributed by atoms with van der Waals surface area (Å²) in [5.74, 6) is -1.53. The van der Waals surface area contributed by atoms with Crippen LogP contribution in [-0.4, -0.2) is 38.0 Å². The van der Waals surface area contributed by atoms with Gasteiger partial charge in [0.2, 0.25) is 15.9 Å². The van der Waals surface area contributed by atoms with E-state index in [2.05, 4.69) is 5.32 Å². The lowest BCUT2D eigenvalue weighted by molar-refractivity contribution is -0.119. The van der Waals surface area contributed by atoms with Crippen molar-refractivity contribution in [1.82, 2.24) is 0 Å². The highest BCUT2D eigenvalue weighted by Gasteiger charge is 2.34. The number of sulfonamides is 1. The molecule has 0 radical (unpaired) electrons. The van der Waals surface area contributed by atoms with E-state index in [-0.39, 0.29) is 27.7 Å². The van der Waals surface area contributed by atoms with Gasteiger partial charge in [-0.15, -0.1) is 0 Å². The molecule has 1 amide bonds. The highest BCUT2D eigenvalue weighted by molar-refractivity contribution is 7.89. The minimum absolute atomic E-state index is 0.167. The Labute approximate surface area is 134 Å². The van der Waals surface area contributed by atoms with Gasteiger partial charge in [0.25, 0.3) is 0 Å². The van der Waals surface area contributed by atoms with Gasteiger partial charge in [0.05, 0.1) is 16.9 Å². The summed E-state index contributed by atoms with van der Waals surface area (Å²) >= 11 is 0. The van der Waals surface area contributed by atoms with Gasteiger partial charge in [-0.3, -0.25) is 4.79 Å². The molecule has 0 fully saturated rings. The number of carbonyl (C=O) groups excluding carboxylic acids is 1. The molecule has 23 heavy (non-hydrogen) atoms. The second kappa shape index (κ2) is 6.17. The van der Waals surface area contributed by atoms with Gasteiger partial charge in [0, 0.05) is 6.54 Å². The van der Waals surface area contributed by atoms with E-state index in [1.807, 2.05) is 6.92 Å². The number of carboxylic acids is 1. The lowest BCUT2D eigenvalue weighted by atomic mass is 10.1. The molecule has 2 rings (SSSR count).